The van der Waals surface area contributed by atoms with Gasteiger partial charge < -0.3 is 9.73 Å². The molecule has 9 nitrogen and oxygen atoms in total. The summed E-state index contributed by atoms with van der Waals surface area (Å²) in [5, 5.41) is 2.43. The van der Waals surface area contributed by atoms with E-state index in [4.69, 9.17) is 4.42 Å². The molecule has 1 fully saturated rings. The maximum absolute atomic E-state index is 13.4. The Morgan fingerprint density at radius 2 is 1.81 bits per heavy atom. The van der Waals surface area contributed by atoms with Gasteiger partial charge in [-0.2, -0.15) is 17.9 Å². The first kappa shape index (κ1) is 24.8. The molecule has 0 spiro atoms. The molecule has 0 radical (unpaired) electrons. The second-order valence-corrected chi connectivity index (χ2v) is 10.1. The Kier molecular flexibility index (Phi) is 5.95. The number of furan rings is 1. The van der Waals surface area contributed by atoms with Gasteiger partial charge in [-0.25, -0.2) is 22.8 Å². The first-order chi connectivity index (χ1) is 17.5. The SMILES string of the molecule is O=C(NCc1cc(-c2ccc(C(F)(F)F)cn2)ncn1)C1(NS(=O)(=O)c2cc3cc(F)ccc3o2)CC1. The third-order valence-electron chi connectivity index (χ3n) is 5.74. The van der Waals surface area contributed by atoms with Crippen LogP contribution < -0.4 is 10.0 Å². The molecule has 14 heteroatoms. The summed E-state index contributed by atoms with van der Waals surface area (Å²) in [6, 6.07) is 8.26. The van der Waals surface area contributed by atoms with Gasteiger partial charge in [-0.3, -0.25) is 9.78 Å². The summed E-state index contributed by atoms with van der Waals surface area (Å²) in [5.41, 5.74) is -1.34. The molecule has 1 aliphatic rings. The van der Waals surface area contributed by atoms with Crippen molar-refractivity contribution in [3.8, 4) is 11.4 Å². The van der Waals surface area contributed by atoms with E-state index in [-0.39, 0.29) is 41.7 Å². The zero-order valence-electron chi connectivity index (χ0n) is 18.7. The number of carbonyl (C=O) groups is 1. The van der Waals surface area contributed by atoms with Gasteiger partial charge in [0.2, 0.25) is 11.0 Å². The molecule has 1 aliphatic carbocycles. The molecule has 0 bridgehead atoms. The first-order valence-corrected chi connectivity index (χ1v) is 12.3. The highest BCUT2D eigenvalue weighted by Gasteiger charge is 2.53. The smallest absolute Gasteiger partial charge is 0.417 e. The molecule has 1 aromatic carbocycles. The van der Waals surface area contributed by atoms with Gasteiger partial charge in [0.05, 0.1) is 29.2 Å². The monoisotopic (exact) mass is 535 g/mol. The van der Waals surface area contributed by atoms with E-state index < -0.39 is 44.1 Å². The standard InChI is InChI=1S/C23H17F4N5O4S/c24-15-2-4-19-13(7-15)8-20(36-19)37(34,35)32-22(5-6-22)21(33)29-11-16-9-18(31-12-30-16)17-3-1-14(10-28-17)23(25,26)27/h1-4,7-10,12,32H,5-6,11H2,(H,29,33). The molecule has 3 heterocycles. The Bertz CT molecular complexity index is 1600. The van der Waals surface area contributed by atoms with E-state index in [0.29, 0.717) is 11.9 Å². The van der Waals surface area contributed by atoms with Gasteiger partial charge in [-0.15, -0.1) is 0 Å². The van der Waals surface area contributed by atoms with Crippen molar-refractivity contribution >= 4 is 26.9 Å². The van der Waals surface area contributed by atoms with Crippen molar-refractivity contribution in [3.05, 3.63) is 72.1 Å². The lowest BCUT2D eigenvalue weighted by atomic mass is 10.2. The van der Waals surface area contributed by atoms with Crippen molar-refractivity contribution in [3.63, 3.8) is 0 Å². The predicted molar refractivity (Wildman–Crippen MR) is 121 cm³/mol. The lowest BCUT2D eigenvalue weighted by molar-refractivity contribution is -0.137. The minimum Gasteiger partial charge on any atom is -0.443 e. The first-order valence-electron chi connectivity index (χ1n) is 10.8. The van der Waals surface area contributed by atoms with Crippen LogP contribution in [0, 0.1) is 5.82 Å². The molecule has 1 saturated carbocycles. The normalized spacial score (nSPS) is 15.0. The summed E-state index contributed by atoms with van der Waals surface area (Å²) >= 11 is 0. The fourth-order valence-corrected chi connectivity index (χ4v) is 5.01. The highest BCUT2D eigenvalue weighted by atomic mass is 32.2. The number of halogens is 4. The van der Waals surface area contributed by atoms with Crippen molar-refractivity contribution < 1.29 is 35.2 Å². The molecule has 2 N–H and O–H groups in total. The lowest BCUT2D eigenvalue weighted by Crippen LogP contribution is -2.48. The summed E-state index contributed by atoms with van der Waals surface area (Å²) < 4.78 is 85.0. The Balaban J connectivity index is 1.26. The summed E-state index contributed by atoms with van der Waals surface area (Å²) in [5.74, 6) is -1.14. The Hall–Kier alpha value is -3.91. The van der Waals surface area contributed by atoms with Gasteiger partial charge in [-0.1, -0.05) is 0 Å². The Morgan fingerprint density at radius 3 is 2.49 bits per heavy atom. The van der Waals surface area contributed by atoms with Gasteiger partial charge in [0.25, 0.3) is 10.0 Å². The van der Waals surface area contributed by atoms with Crippen LogP contribution in [0.3, 0.4) is 0 Å². The van der Waals surface area contributed by atoms with Gasteiger partial charge >= 0.3 is 6.18 Å². The highest BCUT2D eigenvalue weighted by molar-refractivity contribution is 7.89. The second kappa shape index (κ2) is 8.88. The van der Waals surface area contributed by atoms with E-state index in [9.17, 15) is 30.8 Å². The van der Waals surface area contributed by atoms with E-state index in [1.165, 1.54) is 30.6 Å². The van der Waals surface area contributed by atoms with Crippen molar-refractivity contribution in [2.24, 2.45) is 0 Å². The Labute approximate surface area is 207 Å². The number of hydrogen-bond acceptors (Lipinski definition) is 7. The van der Waals surface area contributed by atoms with Crippen LogP contribution >= 0.6 is 0 Å². The number of nitrogens with zero attached hydrogens (tertiary/aromatic N) is 3. The van der Waals surface area contributed by atoms with Crippen LogP contribution in [0.4, 0.5) is 17.6 Å². The van der Waals surface area contributed by atoms with E-state index in [1.807, 2.05) is 0 Å². The lowest BCUT2D eigenvalue weighted by Gasteiger charge is -2.16. The van der Waals surface area contributed by atoms with Crippen molar-refractivity contribution in [2.45, 2.75) is 36.2 Å². The van der Waals surface area contributed by atoms with Crippen LogP contribution in [0.15, 0.2) is 64.5 Å². The molecule has 1 amide bonds. The number of benzene rings is 1. The fraction of sp³-hybridized carbons (Fsp3) is 0.217. The molecule has 0 aliphatic heterocycles. The predicted octanol–water partition coefficient (Wildman–Crippen LogP) is 3.57. The molecule has 0 unspecified atom stereocenters. The van der Waals surface area contributed by atoms with Crippen LogP contribution in [-0.4, -0.2) is 34.8 Å². The molecular weight excluding hydrogens is 518 g/mol. The zero-order chi connectivity index (χ0) is 26.4. The van der Waals surface area contributed by atoms with Gasteiger partial charge in [0, 0.05) is 17.6 Å². The largest absolute Gasteiger partial charge is 0.443 e. The molecule has 3 aromatic heterocycles. The highest BCUT2D eigenvalue weighted by Crippen LogP contribution is 2.38. The van der Waals surface area contributed by atoms with Crippen LogP contribution in [-0.2, 0) is 27.5 Å². The topological polar surface area (TPSA) is 127 Å². The van der Waals surface area contributed by atoms with Crippen LogP contribution in [0.2, 0.25) is 0 Å². The number of alkyl halides is 3. The number of amides is 1. The molecule has 0 atom stereocenters. The number of fused-ring (bicyclic) bond motifs is 1. The van der Waals surface area contributed by atoms with Crippen LogP contribution in [0.5, 0.6) is 0 Å². The average molecular weight is 535 g/mol. The maximum atomic E-state index is 13.4. The molecule has 4 aromatic rings. The number of aromatic nitrogens is 3. The molecule has 0 saturated heterocycles. The van der Waals surface area contributed by atoms with Crippen molar-refractivity contribution in [1.29, 1.82) is 0 Å². The van der Waals surface area contributed by atoms with Gasteiger partial charge in [0.1, 0.15) is 23.3 Å². The van der Waals surface area contributed by atoms with Crippen LogP contribution in [0.25, 0.3) is 22.4 Å². The summed E-state index contributed by atoms with van der Waals surface area (Å²) in [6.07, 6.45) is -2.15. The minimum absolute atomic E-state index is 0.0949. The van der Waals surface area contributed by atoms with Gasteiger partial charge in [0.15, 0.2) is 0 Å². The number of nitrogens with one attached hydrogen (secondary N) is 2. The molecule has 192 valence electrons. The summed E-state index contributed by atoms with van der Waals surface area (Å²) in [7, 11) is -4.23. The second-order valence-electron chi connectivity index (χ2n) is 8.44. The quantitative estimate of drug-likeness (QED) is 0.347. The Morgan fingerprint density at radius 1 is 1.03 bits per heavy atom. The minimum atomic E-state index is -4.52. The third-order valence-corrected chi connectivity index (χ3v) is 7.13. The van der Waals surface area contributed by atoms with Crippen molar-refractivity contribution in [2.75, 3.05) is 0 Å². The van der Waals surface area contributed by atoms with E-state index in [0.717, 1.165) is 18.2 Å². The average Bonchev–Trinajstić information content (AvgIpc) is 3.49. The van der Waals surface area contributed by atoms with E-state index in [2.05, 4.69) is 25.0 Å². The number of pyridine rings is 1. The third kappa shape index (κ3) is 5.15. The van der Waals surface area contributed by atoms with E-state index >= 15 is 0 Å². The number of hydrogen-bond donors (Lipinski definition) is 2. The number of sulfonamides is 1. The molecule has 37 heavy (non-hydrogen) atoms. The van der Waals surface area contributed by atoms with E-state index in [1.54, 1.807) is 0 Å². The fourth-order valence-electron chi connectivity index (χ4n) is 3.62. The van der Waals surface area contributed by atoms with Gasteiger partial charge in [-0.05, 0) is 49.2 Å². The number of rotatable bonds is 7. The molecule has 5 rings (SSSR count). The summed E-state index contributed by atoms with van der Waals surface area (Å²) in [4.78, 5) is 24.7. The van der Waals surface area contributed by atoms with Crippen molar-refractivity contribution in [1.82, 2.24) is 25.0 Å². The molecular formula is C23H17F4N5O4S. The summed E-state index contributed by atoms with van der Waals surface area (Å²) in [6.45, 7) is -0.0949. The number of carbonyl (C=O) groups excluding carboxylic acids is 1. The maximum Gasteiger partial charge on any atom is 0.417 e. The van der Waals surface area contributed by atoms with Crippen LogP contribution in [0.1, 0.15) is 24.1 Å². The zero-order valence-corrected chi connectivity index (χ0v) is 19.5.